The van der Waals surface area contributed by atoms with Crippen molar-refractivity contribution in [2.24, 2.45) is 11.5 Å². The van der Waals surface area contributed by atoms with E-state index in [0.29, 0.717) is 27.5 Å². The molecular weight excluding hydrogens is 404 g/mol. The average molecular weight is 425 g/mol. The first-order chi connectivity index (χ1) is 12.8. The Hall–Kier alpha value is -2.91. The molecule has 1 unspecified atom stereocenters. The fourth-order valence-corrected chi connectivity index (χ4v) is 2.91. The third kappa shape index (κ3) is 6.07. The molecule has 10 heteroatoms. The molecule has 28 heavy (non-hydrogen) atoms. The van der Waals surface area contributed by atoms with Gasteiger partial charge in [-0.15, -0.1) is 24.2 Å². The van der Waals surface area contributed by atoms with Gasteiger partial charge in [-0.2, -0.15) is 0 Å². The number of nitrogens with one attached hydrogen (secondary N) is 2. The molecule has 150 valence electrons. The SMILES string of the molecule is CSc1cc(C(Nc2ccc(C(=N)N)cc2)C(=O)O)ccc1OCC(N)=O.Cl. The minimum atomic E-state index is -1.05. The number of hydrogen-bond donors (Lipinski definition) is 5. The van der Waals surface area contributed by atoms with Crippen molar-refractivity contribution in [3.8, 4) is 5.75 Å². The zero-order chi connectivity index (χ0) is 20.0. The van der Waals surface area contributed by atoms with E-state index in [0.717, 1.165) is 0 Å². The highest BCUT2D eigenvalue weighted by atomic mass is 35.5. The summed E-state index contributed by atoms with van der Waals surface area (Å²) < 4.78 is 5.34. The van der Waals surface area contributed by atoms with Crippen molar-refractivity contribution < 1.29 is 19.4 Å². The first-order valence-corrected chi connectivity index (χ1v) is 9.07. The van der Waals surface area contributed by atoms with Crippen LogP contribution < -0.4 is 21.5 Å². The summed E-state index contributed by atoms with van der Waals surface area (Å²) in [5.41, 5.74) is 12.2. The highest BCUT2D eigenvalue weighted by Crippen LogP contribution is 2.32. The van der Waals surface area contributed by atoms with Gasteiger partial charge >= 0.3 is 5.97 Å². The normalized spacial score (nSPS) is 11.0. The molecule has 0 aromatic heterocycles. The predicted molar refractivity (Wildman–Crippen MR) is 112 cm³/mol. The number of amides is 1. The summed E-state index contributed by atoms with van der Waals surface area (Å²) >= 11 is 1.37. The van der Waals surface area contributed by atoms with Gasteiger partial charge in [0.15, 0.2) is 12.6 Å². The van der Waals surface area contributed by atoms with Crippen LogP contribution in [0.1, 0.15) is 17.2 Å². The maximum atomic E-state index is 11.8. The molecule has 0 fully saturated rings. The maximum absolute atomic E-state index is 11.8. The Morgan fingerprint density at radius 1 is 1.21 bits per heavy atom. The van der Waals surface area contributed by atoms with E-state index in [9.17, 15) is 14.7 Å². The quantitative estimate of drug-likeness (QED) is 0.235. The van der Waals surface area contributed by atoms with E-state index in [4.69, 9.17) is 21.6 Å². The average Bonchev–Trinajstić information content (AvgIpc) is 2.64. The van der Waals surface area contributed by atoms with E-state index in [-0.39, 0.29) is 24.8 Å². The Labute approximate surface area is 172 Å². The van der Waals surface area contributed by atoms with Crippen LogP contribution in [0.4, 0.5) is 5.69 Å². The Morgan fingerprint density at radius 3 is 2.36 bits per heavy atom. The van der Waals surface area contributed by atoms with Crippen molar-refractivity contribution in [2.75, 3.05) is 18.2 Å². The van der Waals surface area contributed by atoms with Crippen LogP contribution in [-0.2, 0) is 9.59 Å². The van der Waals surface area contributed by atoms with Crippen molar-refractivity contribution in [1.82, 2.24) is 0 Å². The summed E-state index contributed by atoms with van der Waals surface area (Å²) in [7, 11) is 0. The van der Waals surface area contributed by atoms with E-state index in [1.165, 1.54) is 11.8 Å². The molecule has 0 radical (unpaired) electrons. The van der Waals surface area contributed by atoms with Crippen LogP contribution in [0.2, 0.25) is 0 Å². The van der Waals surface area contributed by atoms with Crippen LogP contribution in [0.25, 0.3) is 0 Å². The van der Waals surface area contributed by atoms with E-state index < -0.39 is 17.9 Å². The van der Waals surface area contributed by atoms with Crippen molar-refractivity contribution in [2.45, 2.75) is 10.9 Å². The van der Waals surface area contributed by atoms with Crippen LogP contribution >= 0.6 is 24.2 Å². The number of carboxylic acids is 1. The Morgan fingerprint density at radius 2 is 1.86 bits per heavy atom. The molecule has 0 heterocycles. The lowest BCUT2D eigenvalue weighted by atomic mass is 10.1. The molecule has 2 aromatic carbocycles. The lowest BCUT2D eigenvalue weighted by Gasteiger charge is -2.18. The van der Waals surface area contributed by atoms with Crippen molar-refractivity contribution in [3.05, 3.63) is 53.6 Å². The Kier molecular flexibility index (Phi) is 8.62. The fraction of sp³-hybridized carbons (Fsp3) is 0.167. The zero-order valence-corrected chi connectivity index (χ0v) is 16.6. The van der Waals surface area contributed by atoms with Crippen LogP contribution in [0.5, 0.6) is 5.75 Å². The smallest absolute Gasteiger partial charge is 0.330 e. The van der Waals surface area contributed by atoms with Gasteiger partial charge in [-0.3, -0.25) is 10.2 Å². The monoisotopic (exact) mass is 424 g/mol. The molecule has 2 rings (SSSR count). The molecule has 0 aliphatic rings. The topological polar surface area (TPSA) is 152 Å². The number of benzene rings is 2. The molecule has 2 aromatic rings. The summed E-state index contributed by atoms with van der Waals surface area (Å²) in [4.78, 5) is 23.3. The molecule has 1 amide bonds. The molecule has 0 aliphatic carbocycles. The van der Waals surface area contributed by atoms with Crippen molar-refractivity contribution in [1.29, 1.82) is 5.41 Å². The fourth-order valence-electron chi connectivity index (χ4n) is 2.33. The summed E-state index contributed by atoms with van der Waals surface area (Å²) in [5.74, 6) is -1.25. The van der Waals surface area contributed by atoms with Gasteiger partial charge in [0, 0.05) is 16.1 Å². The van der Waals surface area contributed by atoms with Gasteiger partial charge in [0.2, 0.25) is 0 Å². The van der Waals surface area contributed by atoms with Crippen molar-refractivity contribution >= 4 is 47.6 Å². The number of nitrogens with two attached hydrogens (primary N) is 2. The first-order valence-electron chi connectivity index (χ1n) is 7.84. The highest BCUT2D eigenvalue weighted by molar-refractivity contribution is 7.98. The number of nitrogen functional groups attached to an aromatic ring is 1. The number of anilines is 1. The number of carboxylic acid groups (broad SMARTS) is 1. The number of rotatable bonds is 9. The predicted octanol–water partition coefficient (Wildman–Crippen LogP) is 2.22. The number of carbonyl (C=O) groups is 2. The van der Waals surface area contributed by atoms with Crippen LogP contribution in [-0.4, -0.2) is 35.7 Å². The van der Waals surface area contributed by atoms with Gasteiger partial charge in [-0.1, -0.05) is 6.07 Å². The van der Waals surface area contributed by atoms with Gasteiger partial charge in [-0.05, 0) is 48.2 Å². The van der Waals surface area contributed by atoms with Crippen LogP contribution in [0, 0.1) is 5.41 Å². The molecule has 7 N–H and O–H groups in total. The summed E-state index contributed by atoms with van der Waals surface area (Å²) in [6.07, 6.45) is 1.82. The number of hydrogen-bond acceptors (Lipinski definition) is 6. The number of carbonyl (C=O) groups excluding carboxylic acids is 1. The molecule has 0 aliphatic heterocycles. The number of halogens is 1. The summed E-state index contributed by atoms with van der Waals surface area (Å²) in [6, 6.07) is 10.5. The molecule has 0 saturated heterocycles. The summed E-state index contributed by atoms with van der Waals surface area (Å²) in [6.45, 7) is -0.254. The van der Waals surface area contributed by atoms with Gasteiger partial charge in [0.05, 0.1) is 0 Å². The van der Waals surface area contributed by atoms with E-state index in [1.807, 2.05) is 6.26 Å². The third-order valence-corrected chi connectivity index (χ3v) is 4.40. The molecular formula is C18H21ClN4O4S. The Balaban J connectivity index is 0.00000392. The van der Waals surface area contributed by atoms with Gasteiger partial charge in [-0.25, -0.2) is 4.79 Å². The number of amidine groups is 1. The molecule has 0 saturated carbocycles. The lowest BCUT2D eigenvalue weighted by molar-refractivity contribution is -0.138. The largest absolute Gasteiger partial charge is 0.483 e. The molecule has 1 atom stereocenters. The van der Waals surface area contributed by atoms with Crippen LogP contribution in [0.3, 0.4) is 0 Å². The van der Waals surface area contributed by atoms with E-state index in [2.05, 4.69) is 5.32 Å². The Bertz CT molecular complexity index is 861. The van der Waals surface area contributed by atoms with Gasteiger partial charge < -0.3 is 26.6 Å². The summed E-state index contributed by atoms with van der Waals surface area (Å²) in [5, 5.41) is 20.0. The maximum Gasteiger partial charge on any atom is 0.330 e. The highest BCUT2D eigenvalue weighted by Gasteiger charge is 2.21. The van der Waals surface area contributed by atoms with E-state index in [1.54, 1.807) is 42.5 Å². The van der Waals surface area contributed by atoms with E-state index >= 15 is 0 Å². The number of primary amides is 1. The molecule has 0 spiro atoms. The van der Waals surface area contributed by atoms with Crippen LogP contribution in [0.15, 0.2) is 47.4 Å². The number of aliphatic carboxylic acids is 1. The van der Waals surface area contributed by atoms with Gasteiger partial charge in [0.1, 0.15) is 11.6 Å². The second-order valence-corrected chi connectivity index (χ2v) is 6.42. The lowest BCUT2D eigenvalue weighted by Crippen LogP contribution is -2.21. The molecule has 8 nitrogen and oxygen atoms in total. The first kappa shape index (κ1) is 23.1. The third-order valence-electron chi connectivity index (χ3n) is 3.64. The van der Waals surface area contributed by atoms with Crippen molar-refractivity contribution in [3.63, 3.8) is 0 Å². The second-order valence-electron chi connectivity index (χ2n) is 5.57. The molecule has 0 bridgehead atoms. The minimum Gasteiger partial charge on any atom is -0.483 e. The second kappa shape index (κ2) is 10.4. The zero-order valence-electron chi connectivity index (χ0n) is 15.0. The number of thioether (sulfide) groups is 1. The minimum absolute atomic E-state index is 0. The number of ether oxygens (including phenoxy) is 1. The van der Waals surface area contributed by atoms with Gasteiger partial charge in [0.25, 0.3) is 5.91 Å². The standard InChI is InChI=1S/C18H20N4O4S.ClH/c1-27-14-8-11(4-7-13(14)26-9-15(19)23)16(18(24)25)22-12-5-2-10(3-6-12)17(20)21;/h2-8,16,22H,9H2,1H3,(H2,19,23)(H3,20,21)(H,24,25);1H.